The second-order valence-electron chi connectivity index (χ2n) is 7.06. The van der Waals surface area contributed by atoms with E-state index in [4.69, 9.17) is 0 Å². The fourth-order valence-corrected chi connectivity index (χ4v) is 4.00. The fourth-order valence-electron chi connectivity index (χ4n) is 4.00. The van der Waals surface area contributed by atoms with Crippen molar-refractivity contribution in [2.75, 3.05) is 0 Å². The number of carbonyl (C=O) groups is 1. The Hall–Kier alpha value is -2.43. The molecule has 2 aliphatic rings. The minimum atomic E-state index is -0.0894. The molecule has 0 bridgehead atoms. The van der Waals surface area contributed by atoms with Gasteiger partial charge in [-0.1, -0.05) is 55.2 Å². The molecule has 4 rings (SSSR count). The fraction of sp³-hybridized carbons (Fsp3) is 0.450. The Labute approximate surface area is 148 Å². The monoisotopic (exact) mass is 336 g/mol. The van der Waals surface area contributed by atoms with Crippen molar-refractivity contribution in [2.45, 2.75) is 51.6 Å². The predicted molar refractivity (Wildman–Crippen MR) is 96.5 cm³/mol. The molecule has 0 aliphatic heterocycles. The first-order valence-electron chi connectivity index (χ1n) is 9.18. The molecule has 5 nitrogen and oxygen atoms in total. The third-order valence-electron chi connectivity index (χ3n) is 5.45. The Morgan fingerprint density at radius 3 is 2.72 bits per heavy atom. The minimum absolute atomic E-state index is 0.0644. The quantitative estimate of drug-likeness (QED) is 0.909. The summed E-state index contributed by atoms with van der Waals surface area (Å²) in [7, 11) is 0. The Kier molecular flexibility index (Phi) is 4.38. The molecule has 2 aliphatic carbocycles. The molecule has 1 amide bonds. The number of nitrogens with one attached hydrogen (secondary N) is 1. The van der Waals surface area contributed by atoms with Crippen LogP contribution in [0, 0.1) is 5.92 Å². The lowest BCUT2D eigenvalue weighted by atomic mass is 9.95. The van der Waals surface area contributed by atoms with Gasteiger partial charge in [0.05, 0.1) is 12.5 Å². The summed E-state index contributed by atoms with van der Waals surface area (Å²) in [4.78, 5) is 12.6. The summed E-state index contributed by atoms with van der Waals surface area (Å²) < 4.78 is 2.16. The normalized spacial score (nSPS) is 20.6. The van der Waals surface area contributed by atoms with E-state index in [1.54, 1.807) is 0 Å². The van der Waals surface area contributed by atoms with Crippen LogP contribution in [0.3, 0.4) is 0 Å². The first kappa shape index (κ1) is 16.1. The smallest absolute Gasteiger partial charge is 0.232 e. The SMILES string of the molecule is CC1=C(c2ccccc2)C1C(=O)NCc1nncn1C1CCCCC1. The molecule has 1 N–H and O–H groups in total. The highest BCUT2D eigenvalue weighted by molar-refractivity contribution is 6.05. The van der Waals surface area contributed by atoms with E-state index in [0.29, 0.717) is 12.6 Å². The number of amides is 1. The lowest BCUT2D eigenvalue weighted by molar-refractivity contribution is -0.121. The molecule has 0 spiro atoms. The van der Waals surface area contributed by atoms with Gasteiger partial charge in [0.2, 0.25) is 5.91 Å². The maximum absolute atomic E-state index is 12.6. The Balaban J connectivity index is 1.37. The third-order valence-corrected chi connectivity index (χ3v) is 5.45. The average Bonchev–Trinajstić information content (AvgIpc) is 3.12. The minimum Gasteiger partial charge on any atom is -0.348 e. The standard InChI is InChI=1S/C20H24N4O/c1-14-18(15-8-4-2-5-9-15)19(14)20(25)21-12-17-23-22-13-24(17)16-10-6-3-7-11-16/h2,4-5,8-9,13,16,19H,3,6-7,10-12H2,1H3,(H,21,25). The molecule has 1 heterocycles. The van der Waals surface area contributed by atoms with Crippen LogP contribution in [0.25, 0.3) is 5.57 Å². The molecular formula is C20H24N4O. The molecule has 25 heavy (non-hydrogen) atoms. The number of hydrogen-bond acceptors (Lipinski definition) is 3. The van der Waals surface area contributed by atoms with Gasteiger partial charge in [0.15, 0.2) is 5.82 Å². The maximum atomic E-state index is 12.6. The molecule has 1 fully saturated rings. The first-order valence-corrected chi connectivity index (χ1v) is 9.18. The maximum Gasteiger partial charge on any atom is 0.232 e. The molecule has 130 valence electrons. The van der Waals surface area contributed by atoms with Crippen molar-refractivity contribution in [3.63, 3.8) is 0 Å². The summed E-state index contributed by atoms with van der Waals surface area (Å²) in [5, 5.41) is 11.3. The highest BCUT2D eigenvalue weighted by Gasteiger charge is 2.39. The van der Waals surface area contributed by atoms with Gasteiger partial charge in [-0.2, -0.15) is 0 Å². The van der Waals surface area contributed by atoms with E-state index < -0.39 is 0 Å². The van der Waals surface area contributed by atoms with Gasteiger partial charge in [-0.25, -0.2) is 0 Å². The Morgan fingerprint density at radius 2 is 1.96 bits per heavy atom. The van der Waals surface area contributed by atoms with Gasteiger partial charge in [-0.3, -0.25) is 4.79 Å². The van der Waals surface area contributed by atoms with Crippen molar-refractivity contribution in [1.82, 2.24) is 20.1 Å². The summed E-state index contributed by atoms with van der Waals surface area (Å²) in [6.45, 7) is 2.48. The molecular weight excluding hydrogens is 312 g/mol. The largest absolute Gasteiger partial charge is 0.348 e. The summed E-state index contributed by atoms with van der Waals surface area (Å²) in [6, 6.07) is 10.6. The zero-order valence-electron chi connectivity index (χ0n) is 14.6. The van der Waals surface area contributed by atoms with Crippen molar-refractivity contribution >= 4 is 11.5 Å². The highest BCUT2D eigenvalue weighted by atomic mass is 16.2. The number of aromatic nitrogens is 3. The van der Waals surface area contributed by atoms with Gasteiger partial charge < -0.3 is 9.88 Å². The lowest BCUT2D eigenvalue weighted by Crippen LogP contribution is -2.28. The van der Waals surface area contributed by atoms with E-state index in [1.807, 2.05) is 31.5 Å². The molecule has 1 unspecified atom stereocenters. The molecule has 2 aromatic rings. The Bertz CT molecular complexity index is 787. The van der Waals surface area contributed by atoms with Crippen molar-refractivity contribution in [3.8, 4) is 0 Å². The first-order chi connectivity index (χ1) is 12.3. The van der Waals surface area contributed by atoms with E-state index in [2.05, 4.69) is 32.2 Å². The van der Waals surface area contributed by atoms with E-state index in [9.17, 15) is 4.79 Å². The van der Waals surface area contributed by atoms with Crippen LogP contribution in [0.2, 0.25) is 0 Å². The second kappa shape index (κ2) is 6.82. The molecule has 1 aromatic carbocycles. The van der Waals surface area contributed by atoms with Crippen LogP contribution in [-0.2, 0) is 11.3 Å². The van der Waals surface area contributed by atoms with Crippen molar-refractivity contribution in [1.29, 1.82) is 0 Å². The number of nitrogens with zero attached hydrogens (tertiary/aromatic N) is 3. The molecule has 0 saturated heterocycles. The van der Waals surface area contributed by atoms with Crippen LogP contribution in [0.15, 0.2) is 42.2 Å². The van der Waals surface area contributed by atoms with Gasteiger partial charge in [-0.15, -0.1) is 10.2 Å². The van der Waals surface area contributed by atoms with Crippen molar-refractivity contribution in [2.24, 2.45) is 5.92 Å². The number of benzene rings is 1. The van der Waals surface area contributed by atoms with Crippen LogP contribution in [-0.4, -0.2) is 20.7 Å². The van der Waals surface area contributed by atoms with Crippen molar-refractivity contribution in [3.05, 3.63) is 53.6 Å². The second-order valence-corrected chi connectivity index (χ2v) is 7.06. The number of carbonyl (C=O) groups excluding carboxylic acids is 1. The highest BCUT2D eigenvalue weighted by Crippen LogP contribution is 2.46. The van der Waals surface area contributed by atoms with Crippen LogP contribution < -0.4 is 5.32 Å². The van der Waals surface area contributed by atoms with Crippen LogP contribution in [0.1, 0.15) is 56.5 Å². The molecule has 1 saturated carbocycles. The summed E-state index contributed by atoms with van der Waals surface area (Å²) >= 11 is 0. The summed E-state index contributed by atoms with van der Waals surface area (Å²) in [5.74, 6) is 0.836. The predicted octanol–water partition coefficient (Wildman–Crippen LogP) is 3.50. The van der Waals surface area contributed by atoms with E-state index in [1.165, 1.54) is 32.1 Å². The average molecular weight is 336 g/mol. The number of rotatable bonds is 5. The van der Waals surface area contributed by atoms with Crippen LogP contribution >= 0.6 is 0 Å². The summed E-state index contributed by atoms with van der Waals surface area (Å²) in [6.07, 6.45) is 8.02. The lowest BCUT2D eigenvalue weighted by Gasteiger charge is -2.24. The molecule has 1 atom stereocenters. The van der Waals surface area contributed by atoms with E-state index in [0.717, 1.165) is 22.5 Å². The van der Waals surface area contributed by atoms with Crippen LogP contribution in [0.5, 0.6) is 0 Å². The number of hydrogen-bond donors (Lipinski definition) is 1. The van der Waals surface area contributed by atoms with Gasteiger partial charge in [0.1, 0.15) is 6.33 Å². The van der Waals surface area contributed by atoms with Gasteiger partial charge in [-0.05, 0) is 30.9 Å². The molecule has 1 aromatic heterocycles. The van der Waals surface area contributed by atoms with E-state index >= 15 is 0 Å². The zero-order valence-corrected chi connectivity index (χ0v) is 14.6. The molecule has 5 heteroatoms. The Morgan fingerprint density at radius 1 is 1.20 bits per heavy atom. The molecule has 0 radical (unpaired) electrons. The van der Waals surface area contributed by atoms with Gasteiger partial charge >= 0.3 is 0 Å². The zero-order chi connectivity index (χ0) is 17.2. The topological polar surface area (TPSA) is 59.8 Å². The van der Waals surface area contributed by atoms with E-state index in [-0.39, 0.29) is 11.8 Å². The van der Waals surface area contributed by atoms with Gasteiger partial charge in [0, 0.05) is 6.04 Å². The van der Waals surface area contributed by atoms with Crippen molar-refractivity contribution < 1.29 is 4.79 Å². The third kappa shape index (κ3) is 3.23. The summed E-state index contributed by atoms with van der Waals surface area (Å²) in [5.41, 5.74) is 3.47. The van der Waals surface area contributed by atoms with Crippen LogP contribution in [0.4, 0.5) is 0 Å². The van der Waals surface area contributed by atoms with Gasteiger partial charge in [0.25, 0.3) is 0 Å².